The van der Waals surface area contributed by atoms with Crippen LogP contribution in [0.15, 0.2) is 24.7 Å². The predicted molar refractivity (Wildman–Crippen MR) is 63.2 cm³/mol. The maximum absolute atomic E-state index is 5.72. The molecule has 0 saturated heterocycles. The minimum Gasteiger partial charge on any atom is -0.346 e. The van der Waals surface area contributed by atoms with Crippen LogP contribution in [0.5, 0.6) is 0 Å². The quantitative estimate of drug-likeness (QED) is 0.795. The highest BCUT2D eigenvalue weighted by atomic mass is 15.3. The van der Waals surface area contributed by atoms with Crippen LogP contribution in [0.4, 0.5) is 5.82 Å². The normalized spacial score (nSPS) is 14.8. The van der Waals surface area contributed by atoms with Crippen LogP contribution in [-0.4, -0.2) is 26.3 Å². The van der Waals surface area contributed by atoms with Crippen molar-refractivity contribution in [3.63, 3.8) is 0 Å². The number of hydrogen-bond acceptors (Lipinski definition) is 5. The van der Waals surface area contributed by atoms with Gasteiger partial charge in [-0.15, -0.1) is 5.10 Å². The van der Waals surface area contributed by atoms with Gasteiger partial charge in [0.2, 0.25) is 0 Å². The third kappa shape index (κ3) is 1.76. The largest absolute Gasteiger partial charge is 0.346 e. The van der Waals surface area contributed by atoms with Crippen molar-refractivity contribution >= 4 is 5.82 Å². The van der Waals surface area contributed by atoms with Gasteiger partial charge in [0.1, 0.15) is 5.82 Å². The molecule has 0 bridgehead atoms. The number of fused-ring (bicyclic) bond motifs is 1. The minimum absolute atomic E-state index is 0.482. The first kappa shape index (κ1) is 10.2. The van der Waals surface area contributed by atoms with Gasteiger partial charge in [0, 0.05) is 37.6 Å². The monoisotopic (exact) mass is 230 g/mol. The number of imidazole rings is 1. The smallest absolute Gasteiger partial charge is 0.156 e. The second-order valence-electron chi connectivity index (χ2n) is 4.04. The summed E-state index contributed by atoms with van der Waals surface area (Å²) in [4.78, 5) is 6.51. The lowest BCUT2D eigenvalue weighted by molar-refractivity contribution is 0.552. The average molecular weight is 230 g/mol. The molecular formula is C11H14N6. The Kier molecular flexibility index (Phi) is 2.49. The Bertz CT molecular complexity index is 520. The van der Waals surface area contributed by atoms with Crippen LogP contribution in [0.3, 0.4) is 0 Å². The lowest BCUT2D eigenvalue weighted by Crippen LogP contribution is -2.35. The number of rotatable bonds is 2. The van der Waals surface area contributed by atoms with E-state index in [-0.39, 0.29) is 0 Å². The van der Waals surface area contributed by atoms with Crippen molar-refractivity contribution in [2.75, 3.05) is 11.4 Å². The molecule has 0 aliphatic carbocycles. The molecular weight excluding hydrogens is 216 g/mol. The zero-order chi connectivity index (χ0) is 11.7. The molecule has 0 saturated carbocycles. The third-order valence-electron chi connectivity index (χ3n) is 3.05. The number of anilines is 1. The molecule has 1 aliphatic heterocycles. The van der Waals surface area contributed by atoms with Crippen molar-refractivity contribution in [1.29, 1.82) is 0 Å². The average Bonchev–Trinajstić information content (AvgIpc) is 2.85. The first-order valence-corrected chi connectivity index (χ1v) is 5.64. The second kappa shape index (κ2) is 4.14. The van der Waals surface area contributed by atoms with Crippen molar-refractivity contribution in [3.8, 4) is 0 Å². The molecule has 88 valence electrons. The van der Waals surface area contributed by atoms with Gasteiger partial charge in [-0.25, -0.2) is 4.98 Å². The molecule has 17 heavy (non-hydrogen) atoms. The van der Waals surface area contributed by atoms with Crippen LogP contribution < -0.4 is 10.6 Å². The van der Waals surface area contributed by atoms with Gasteiger partial charge < -0.3 is 15.2 Å². The molecule has 2 N–H and O–H groups in total. The summed E-state index contributed by atoms with van der Waals surface area (Å²) in [6, 6.07) is 1.92. The Hall–Kier alpha value is -1.95. The highest BCUT2D eigenvalue weighted by Gasteiger charge is 2.19. The van der Waals surface area contributed by atoms with E-state index in [1.54, 1.807) is 6.20 Å². The van der Waals surface area contributed by atoms with Gasteiger partial charge in [0.15, 0.2) is 5.82 Å². The van der Waals surface area contributed by atoms with Crippen molar-refractivity contribution < 1.29 is 0 Å². The number of hydrogen-bond donors (Lipinski definition) is 1. The summed E-state index contributed by atoms with van der Waals surface area (Å²) >= 11 is 0. The van der Waals surface area contributed by atoms with E-state index in [1.165, 1.54) is 0 Å². The molecule has 2 aromatic rings. The topological polar surface area (TPSA) is 72.9 Å². The Balaban J connectivity index is 1.91. The molecule has 0 spiro atoms. The standard InChI is InChI=1S/C11H14N6/c12-7-9-1-2-14-15-11(9)17-6-5-16-4-3-13-10(16)8-17/h1-4H,5-8,12H2. The molecule has 3 rings (SSSR count). The highest BCUT2D eigenvalue weighted by molar-refractivity contribution is 5.46. The molecule has 0 aromatic carbocycles. The van der Waals surface area contributed by atoms with E-state index in [0.717, 1.165) is 36.8 Å². The van der Waals surface area contributed by atoms with Gasteiger partial charge in [-0.3, -0.25) is 0 Å². The van der Waals surface area contributed by atoms with Gasteiger partial charge in [-0.2, -0.15) is 5.10 Å². The predicted octanol–water partition coefficient (Wildman–Crippen LogP) is 0.152. The lowest BCUT2D eigenvalue weighted by Gasteiger charge is -2.29. The summed E-state index contributed by atoms with van der Waals surface area (Å²) in [5.41, 5.74) is 6.74. The maximum Gasteiger partial charge on any atom is 0.156 e. The summed E-state index contributed by atoms with van der Waals surface area (Å²) in [6.07, 6.45) is 5.52. The molecule has 3 heterocycles. The summed E-state index contributed by atoms with van der Waals surface area (Å²) in [5, 5.41) is 8.13. The van der Waals surface area contributed by atoms with Gasteiger partial charge in [0.25, 0.3) is 0 Å². The fraction of sp³-hybridized carbons (Fsp3) is 0.364. The van der Waals surface area contributed by atoms with Crippen molar-refractivity contribution in [2.45, 2.75) is 19.6 Å². The number of nitrogens with zero attached hydrogens (tertiary/aromatic N) is 5. The van der Waals surface area contributed by atoms with Crippen molar-refractivity contribution in [1.82, 2.24) is 19.7 Å². The SMILES string of the molecule is NCc1ccnnc1N1CCn2ccnc2C1. The van der Waals surface area contributed by atoms with E-state index in [1.807, 2.05) is 18.5 Å². The molecule has 6 heteroatoms. The molecule has 0 atom stereocenters. The van der Waals surface area contributed by atoms with Gasteiger partial charge in [-0.1, -0.05) is 0 Å². The maximum atomic E-state index is 5.72. The van der Waals surface area contributed by atoms with E-state index in [9.17, 15) is 0 Å². The summed E-state index contributed by atoms with van der Waals surface area (Å²) < 4.78 is 2.16. The van der Waals surface area contributed by atoms with E-state index in [2.05, 4.69) is 24.6 Å². The van der Waals surface area contributed by atoms with Crippen LogP contribution in [0.1, 0.15) is 11.4 Å². The fourth-order valence-electron chi connectivity index (χ4n) is 2.13. The van der Waals surface area contributed by atoms with E-state index in [0.29, 0.717) is 6.54 Å². The highest BCUT2D eigenvalue weighted by Crippen LogP contribution is 2.20. The summed E-state index contributed by atoms with van der Waals surface area (Å²) in [5.74, 6) is 1.94. The summed E-state index contributed by atoms with van der Waals surface area (Å²) in [6.45, 7) is 3.08. The molecule has 1 aliphatic rings. The number of nitrogens with two attached hydrogens (primary N) is 1. The van der Waals surface area contributed by atoms with Gasteiger partial charge in [0.05, 0.1) is 12.7 Å². The molecule has 0 fully saturated rings. The van der Waals surface area contributed by atoms with Crippen LogP contribution in [0, 0.1) is 0 Å². The second-order valence-corrected chi connectivity index (χ2v) is 4.04. The van der Waals surface area contributed by atoms with Crippen LogP contribution in [0.2, 0.25) is 0 Å². The van der Waals surface area contributed by atoms with Crippen LogP contribution in [-0.2, 0) is 19.6 Å². The Morgan fingerprint density at radius 3 is 3.12 bits per heavy atom. The first-order valence-electron chi connectivity index (χ1n) is 5.64. The number of aromatic nitrogens is 4. The molecule has 6 nitrogen and oxygen atoms in total. The van der Waals surface area contributed by atoms with Crippen molar-refractivity contribution in [2.24, 2.45) is 5.73 Å². The fourth-order valence-corrected chi connectivity index (χ4v) is 2.13. The lowest BCUT2D eigenvalue weighted by atomic mass is 10.2. The van der Waals surface area contributed by atoms with E-state index < -0.39 is 0 Å². The third-order valence-corrected chi connectivity index (χ3v) is 3.05. The zero-order valence-electron chi connectivity index (χ0n) is 9.45. The van der Waals surface area contributed by atoms with E-state index >= 15 is 0 Å². The van der Waals surface area contributed by atoms with Crippen LogP contribution in [0.25, 0.3) is 0 Å². The van der Waals surface area contributed by atoms with Crippen molar-refractivity contribution in [3.05, 3.63) is 36.0 Å². The molecule has 2 aromatic heterocycles. The molecule has 0 amide bonds. The first-order chi connectivity index (χ1) is 8.38. The minimum atomic E-state index is 0.482. The Morgan fingerprint density at radius 1 is 1.29 bits per heavy atom. The summed E-state index contributed by atoms with van der Waals surface area (Å²) in [7, 11) is 0. The van der Waals surface area contributed by atoms with Gasteiger partial charge >= 0.3 is 0 Å². The molecule has 0 unspecified atom stereocenters. The Morgan fingerprint density at radius 2 is 2.24 bits per heavy atom. The van der Waals surface area contributed by atoms with Crippen LogP contribution >= 0.6 is 0 Å². The van der Waals surface area contributed by atoms with Gasteiger partial charge in [-0.05, 0) is 6.07 Å². The zero-order valence-corrected chi connectivity index (χ0v) is 9.45. The van der Waals surface area contributed by atoms with E-state index in [4.69, 9.17) is 5.73 Å². The molecule has 0 radical (unpaired) electrons. The Labute approximate surface area is 99.1 Å².